The highest BCUT2D eigenvalue weighted by Gasteiger charge is 2.29. The summed E-state index contributed by atoms with van der Waals surface area (Å²) >= 11 is 1.59. The van der Waals surface area contributed by atoms with Gasteiger partial charge in [-0.3, -0.25) is 5.43 Å². The topological polar surface area (TPSA) is 24.4 Å². The average molecular weight is 284 g/mol. The molecular weight excluding hydrogens is 273 g/mol. The third-order valence-electron chi connectivity index (χ3n) is 2.36. The van der Waals surface area contributed by atoms with Gasteiger partial charge >= 0.3 is 6.18 Å². The predicted octanol–water partition coefficient (Wildman–Crippen LogP) is 4.52. The molecule has 2 aromatic rings. The Hall–Kier alpha value is -1.82. The van der Waals surface area contributed by atoms with Gasteiger partial charge in [-0.2, -0.15) is 18.3 Å². The minimum absolute atomic E-state index is 0.512. The fourth-order valence-electron chi connectivity index (χ4n) is 1.43. The molecule has 1 aromatic heterocycles. The molecule has 0 aliphatic carbocycles. The number of hydrogen-bond acceptors (Lipinski definition) is 3. The highest BCUT2D eigenvalue weighted by atomic mass is 32.1. The molecule has 6 heteroatoms. The normalized spacial score (nSPS) is 12.0. The van der Waals surface area contributed by atoms with Gasteiger partial charge in [0.05, 0.1) is 17.5 Å². The van der Waals surface area contributed by atoms with E-state index in [9.17, 15) is 13.2 Å². The molecule has 2 rings (SSSR count). The van der Waals surface area contributed by atoms with Gasteiger partial charge in [-0.15, -0.1) is 11.3 Å². The zero-order valence-corrected chi connectivity index (χ0v) is 10.8. The van der Waals surface area contributed by atoms with Crippen molar-refractivity contribution in [1.82, 2.24) is 0 Å². The van der Waals surface area contributed by atoms with Crippen molar-refractivity contribution >= 4 is 23.2 Å². The van der Waals surface area contributed by atoms with E-state index in [0.717, 1.165) is 17.0 Å². The molecule has 2 nitrogen and oxygen atoms in total. The lowest BCUT2D eigenvalue weighted by Crippen LogP contribution is -2.04. The zero-order chi connectivity index (χ0) is 13.9. The Morgan fingerprint density at radius 3 is 2.32 bits per heavy atom. The molecule has 1 aromatic carbocycles. The summed E-state index contributed by atoms with van der Waals surface area (Å²) in [5.41, 5.74) is 2.53. The number of rotatable bonds is 3. The number of anilines is 1. The minimum atomic E-state index is -4.31. The minimum Gasteiger partial charge on any atom is -0.278 e. The molecule has 100 valence electrons. The van der Waals surface area contributed by atoms with Crippen LogP contribution in [0.1, 0.15) is 15.3 Å². The van der Waals surface area contributed by atoms with Crippen LogP contribution in [0.3, 0.4) is 0 Å². The first-order valence-corrected chi connectivity index (χ1v) is 6.29. The van der Waals surface area contributed by atoms with Crippen molar-refractivity contribution in [3.8, 4) is 0 Å². The number of nitrogens with zero attached hydrogens (tertiary/aromatic N) is 1. The average Bonchev–Trinajstić information content (AvgIpc) is 2.75. The smallest absolute Gasteiger partial charge is 0.278 e. The predicted molar refractivity (Wildman–Crippen MR) is 71.7 cm³/mol. The summed E-state index contributed by atoms with van der Waals surface area (Å²) in [5.74, 6) is 0. The third kappa shape index (κ3) is 3.82. The molecule has 0 atom stereocenters. The van der Waals surface area contributed by atoms with E-state index in [1.54, 1.807) is 17.6 Å². The Morgan fingerprint density at radius 1 is 1.11 bits per heavy atom. The molecule has 1 heterocycles. The Labute approximate surface area is 112 Å². The highest BCUT2D eigenvalue weighted by Crippen LogP contribution is 2.29. The van der Waals surface area contributed by atoms with Crippen LogP contribution in [0.5, 0.6) is 0 Å². The van der Waals surface area contributed by atoms with Crippen molar-refractivity contribution in [2.45, 2.75) is 13.1 Å². The molecule has 0 unspecified atom stereocenters. The molecule has 19 heavy (non-hydrogen) atoms. The van der Waals surface area contributed by atoms with Crippen LogP contribution in [-0.2, 0) is 6.18 Å². The second-order valence-corrected chi connectivity index (χ2v) is 5.21. The summed E-state index contributed by atoms with van der Waals surface area (Å²) in [6.07, 6.45) is -2.67. The standard InChI is InChI=1S/C13H11F3N2S/c1-9-2-7-12(19-9)8-17-18-11-5-3-10(4-6-11)13(14,15)16/h2-8,18H,1H3/b17-8+. The summed E-state index contributed by atoms with van der Waals surface area (Å²) in [4.78, 5) is 2.16. The number of aryl methyl sites for hydroxylation is 1. The van der Waals surface area contributed by atoms with Crippen molar-refractivity contribution in [3.63, 3.8) is 0 Å². The van der Waals surface area contributed by atoms with Crippen LogP contribution < -0.4 is 5.43 Å². The monoisotopic (exact) mass is 284 g/mol. The van der Waals surface area contributed by atoms with E-state index in [1.165, 1.54) is 17.0 Å². The summed E-state index contributed by atoms with van der Waals surface area (Å²) in [6, 6.07) is 8.64. The number of thiophene rings is 1. The van der Waals surface area contributed by atoms with Gasteiger partial charge in [0.2, 0.25) is 0 Å². The maximum Gasteiger partial charge on any atom is 0.416 e. The fraction of sp³-hybridized carbons (Fsp3) is 0.154. The second-order valence-electron chi connectivity index (χ2n) is 3.89. The van der Waals surface area contributed by atoms with Crippen molar-refractivity contribution in [2.24, 2.45) is 5.10 Å². The Kier molecular flexibility index (Phi) is 3.90. The summed E-state index contributed by atoms with van der Waals surface area (Å²) in [5, 5.41) is 3.97. The van der Waals surface area contributed by atoms with Gasteiger partial charge < -0.3 is 0 Å². The first-order chi connectivity index (χ1) is 8.95. The number of alkyl halides is 3. The van der Waals surface area contributed by atoms with Crippen LogP contribution in [0.15, 0.2) is 41.5 Å². The summed E-state index contributed by atoms with van der Waals surface area (Å²) < 4.78 is 37.0. The van der Waals surface area contributed by atoms with Gasteiger partial charge in [-0.05, 0) is 43.3 Å². The lowest BCUT2D eigenvalue weighted by Gasteiger charge is -2.06. The van der Waals surface area contributed by atoms with E-state index in [4.69, 9.17) is 0 Å². The van der Waals surface area contributed by atoms with E-state index in [0.29, 0.717) is 5.69 Å². The molecule has 0 aliphatic rings. The Balaban J connectivity index is 1.98. The largest absolute Gasteiger partial charge is 0.416 e. The number of hydrogen-bond donors (Lipinski definition) is 1. The fourth-order valence-corrected chi connectivity index (χ4v) is 2.18. The van der Waals surface area contributed by atoms with Gasteiger partial charge in [0.1, 0.15) is 0 Å². The molecule has 0 fully saturated rings. The molecule has 0 aliphatic heterocycles. The SMILES string of the molecule is Cc1ccc(/C=N/Nc2ccc(C(F)(F)F)cc2)s1. The molecule has 0 bridgehead atoms. The lowest BCUT2D eigenvalue weighted by molar-refractivity contribution is -0.137. The number of nitrogens with one attached hydrogen (secondary N) is 1. The van der Waals surface area contributed by atoms with E-state index in [1.807, 2.05) is 19.1 Å². The summed E-state index contributed by atoms with van der Waals surface area (Å²) in [7, 11) is 0. The van der Waals surface area contributed by atoms with Crippen LogP contribution in [0, 0.1) is 6.92 Å². The molecule has 0 saturated carbocycles. The molecule has 0 spiro atoms. The van der Waals surface area contributed by atoms with Gasteiger partial charge in [0.25, 0.3) is 0 Å². The van der Waals surface area contributed by atoms with Crippen LogP contribution >= 0.6 is 11.3 Å². The zero-order valence-electron chi connectivity index (χ0n) is 10.0. The van der Waals surface area contributed by atoms with Crippen LogP contribution in [0.2, 0.25) is 0 Å². The van der Waals surface area contributed by atoms with Crippen molar-refractivity contribution < 1.29 is 13.2 Å². The molecule has 0 saturated heterocycles. The van der Waals surface area contributed by atoms with Crippen LogP contribution in [0.25, 0.3) is 0 Å². The van der Waals surface area contributed by atoms with Crippen molar-refractivity contribution in [1.29, 1.82) is 0 Å². The van der Waals surface area contributed by atoms with E-state index in [2.05, 4.69) is 10.5 Å². The summed E-state index contributed by atoms with van der Waals surface area (Å²) in [6.45, 7) is 1.99. The Bertz CT molecular complexity index is 570. The molecule has 0 radical (unpaired) electrons. The number of hydrazone groups is 1. The Morgan fingerprint density at radius 2 is 1.79 bits per heavy atom. The first kappa shape index (κ1) is 13.6. The number of halogens is 3. The van der Waals surface area contributed by atoms with Gasteiger partial charge in [-0.25, -0.2) is 0 Å². The third-order valence-corrected chi connectivity index (χ3v) is 3.29. The first-order valence-electron chi connectivity index (χ1n) is 5.48. The molecular formula is C13H11F3N2S. The molecule has 0 amide bonds. The van der Waals surface area contributed by atoms with Crippen LogP contribution in [0.4, 0.5) is 18.9 Å². The van der Waals surface area contributed by atoms with Gasteiger partial charge in [0, 0.05) is 9.75 Å². The van der Waals surface area contributed by atoms with Gasteiger partial charge in [-0.1, -0.05) is 0 Å². The van der Waals surface area contributed by atoms with Gasteiger partial charge in [0.15, 0.2) is 0 Å². The van der Waals surface area contributed by atoms with E-state index >= 15 is 0 Å². The lowest BCUT2D eigenvalue weighted by atomic mass is 10.2. The van der Waals surface area contributed by atoms with Crippen molar-refractivity contribution in [2.75, 3.05) is 5.43 Å². The maximum absolute atomic E-state index is 12.3. The second kappa shape index (κ2) is 5.44. The quantitative estimate of drug-likeness (QED) is 0.650. The highest BCUT2D eigenvalue weighted by molar-refractivity contribution is 7.13. The molecule has 1 N–H and O–H groups in total. The van der Waals surface area contributed by atoms with Crippen LogP contribution in [-0.4, -0.2) is 6.21 Å². The number of benzene rings is 1. The van der Waals surface area contributed by atoms with Crippen molar-refractivity contribution in [3.05, 3.63) is 51.7 Å². The van der Waals surface area contributed by atoms with E-state index in [-0.39, 0.29) is 0 Å². The van der Waals surface area contributed by atoms with E-state index < -0.39 is 11.7 Å². The maximum atomic E-state index is 12.3.